The summed E-state index contributed by atoms with van der Waals surface area (Å²) in [5.41, 5.74) is 4.55. The van der Waals surface area contributed by atoms with Gasteiger partial charge in [0, 0.05) is 5.02 Å². The van der Waals surface area contributed by atoms with Crippen molar-refractivity contribution in [3.63, 3.8) is 0 Å². The van der Waals surface area contributed by atoms with Gasteiger partial charge in [0.2, 0.25) is 0 Å². The molecule has 0 saturated heterocycles. The molecule has 0 heterocycles. The predicted molar refractivity (Wildman–Crippen MR) is 141 cm³/mol. The van der Waals surface area contributed by atoms with Gasteiger partial charge in [-0.15, -0.1) is 0 Å². The van der Waals surface area contributed by atoms with Crippen molar-refractivity contribution in [1.29, 1.82) is 0 Å². The minimum atomic E-state index is -0.509. The maximum atomic E-state index is 12.2. The number of esters is 1. The Labute approximate surface area is 219 Å². The van der Waals surface area contributed by atoms with E-state index in [1.165, 1.54) is 12.3 Å². The Morgan fingerprint density at radius 3 is 2.16 bits per heavy atom. The topological polar surface area (TPSA) is 86.2 Å². The van der Waals surface area contributed by atoms with Gasteiger partial charge in [-0.25, -0.2) is 10.2 Å². The van der Waals surface area contributed by atoms with Crippen LogP contribution in [0.4, 0.5) is 0 Å². The number of hydrogen-bond donors (Lipinski definition) is 1. The molecule has 0 radical (unpaired) electrons. The Balaban J connectivity index is 1.18. The van der Waals surface area contributed by atoms with Gasteiger partial charge in [-0.1, -0.05) is 48.0 Å². The first-order valence-electron chi connectivity index (χ1n) is 11.3. The van der Waals surface area contributed by atoms with E-state index in [1.54, 1.807) is 66.7 Å². The van der Waals surface area contributed by atoms with Gasteiger partial charge in [-0.3, -0.25) is 4.79 Å². The Hall–Kier alpha value is -4.62. The maximum Gasteiger partial charge on any atom is 0.343 e. The molecule has 186 valence electrons. The predicted octanol–water partition coefficient (Wildman–Crippen LogP) is 5.67. The molecule has 4 aromatic carbocycles. The second kappa shape index (κ2) is 12.9. The van der Waals surface area contributed by atoms with Crippen molar-refractivity contribution in [3.05, 3.63) is 125 Å². The molecule has 0 aromatic heterocycles. The lowest BCUT2D eigenvalue weighted by Crippen LogP contribution is -2.24. The molecule has 1 amide bonds. The molecule has 0 aliphatic heterocycles. The zero-order valence-electron chi connectivity index (χ0n) is 19.7. The van der Waals surface area contributed by atoms with Crippen LogP contribution in [0, 0.1) is 0 Å². The average molecular weight is 515 g/mol. The SMILES string of the molecule is O=C(COc1ccc(OCc2ccccc2)cc1)N/N=C/c1ccc(OC(=O)c2cccc(Cl)c2)cc1. The fraction of sp³-hybridized carbons (Fsp3) is 0.0690. The summed E-state index contributed by atoms with van der Waals surface area (Å²) in [6.07, 6.45) is 1.47. The molecule has 0 aliphatic rings. The van der Waals surface area contributed by atoms with E-state index >= 15 is 0 Å². The third kappa shape index (κ3) is 8.23. The van der Waals surface area contributed by atoms with Crippen LogP contribution < -0.4 is 19.6 Å². The van der Waals surface area contributed by atoms with Gasteiger partial charge in [0.05, 0.1) is 11.8 Å². The van der Waals surface area contributed by atoms with Crippen LogP contribution in [0.5, 0.6) is 17.2 Å². The van der Waals surface area contributed by atoms with Gasteiger partial charge in [-0.05, 0) is 77.9 Å². The number of benzene rings is 4. The van der Waals surface area contributed by atoms with E-state index in [-0.39, 0.29) is 6.61 Å². The lowest BCUT2D eigenvalue weighted by Gasteiger charge is -2.08. The van der Waals surface area contributed by atoms with Crippen molar-refractivity contribution >= 4 is 29.7 Å². The van der Waals surface area contributed by atoms with Crippen LogP contribution in [0.25, 0.3) is 0 Å². The first-order valence-corrected chi connectivity index (χ1v) is 11.7. The van der Waals surface area contributed by atoms with Gasteiger partial charge < -0.3 is 14.2 Å². The van der Waals surface area contributed by atoms with E-state index < -0.39 is 11.9 Å². The fourth-order valence-electron chi connectivity index (χ4n) is 3.14. The molecule has 0 aliphatic carbocycles. The molecule has 8 heteroatoms. The number of nitrogens with zero attached hydrogens (tertiary/aromatic N) is 1. The summed E-state index contributed by atoms with van der Waals surface area (Å²) in [6.45, 7) is 0.276. The molecule has 0 bridgehead atoms. The van der Waals surface area contributed by atoms with Crippen LogP contribution in [0.15, 0.2) is 108 Å². The highest BCUT2D eigenvalue weighted by Crippen LogP contribution is 2.19. The number of carbonyl (C=O) groups excluding carboxylic acids is 2. The molecule has 0 unspecified atom stereocenters. The second-order valence-electron chi connectivity index (χ2n) is 7.80. The van der Waals surface area contributed by atoms with Crippen molar-refractivity contribution in [1.82, 2.24) is 5.43 Å². The number of ether oxygens (including phenoxy) is 3. The van der Waals surface area contributed by atoms with Crippen LogP contribution in [-0.2, 0) is 11.4 Å². The second-order valence-corrected chi connectivity index (χ2v) is 8.23. The minimum absolute atomic E-state index is 0.194. The number of hydrogen-bond acceptors (Lipinski definition) is 6. The van der Waals surface area contributed by atoms with Crippen LogP contribution in [0.2, 0.25) is 5.02 Å². The first-order chi connectivity index (χ1) is 18.0. The Bertz CT molecular complexity index is 1360. The lowest BCUT2D eigenvalue weighted by atomic mass is 10.2. The zero-order chi connectivity index (χ0) is 25.9. The smallest absolute Gasteiger partial charge is 0.343 e. The van der Waals surface area contributed by atoms with Crippen molar-refractivity contribution in [3.8, 4) is 17.2 Å². The van der Waals surface area contributed by atoms with Gasteiger partial charge >= 0.3 is 5.97 Å². The molecule has 0 fully saturated rings. The lowest BCUT2D eigenvalue weighted by molar-refractivity contribution is -0.123. The maximum absolute atomic E-state index is 12.2. The van der Waals surface area contributed by atoms with Crippen molar-refractivity contribution in [2.24, 2.45) is 5.10 Å². The van der Waals surface area contributed by atoms with Crippen LogP contribution in [0.3, 0.4) is 0 Å². The number of nitrogens with one attached hydrogen (secondary N) is 1. The van der Waals surface area contributed by atoms with Crippen molar-refractivity contribution in [2.45, 2.75) is 6.61 Å². The van der Waals surface area contributed by atoms with E-state index in [0.29, 0.717) is 40.0 Å². The highest BCUT2D eigenvalue weighted by atomic mass is 35.5. The van der Waals surface area contributed by atoms with E-state index in [4.69, 9.17) is 25.8 Å². The third-order valence-corrected chi connectivity index (χ3v) is 5.23. The molecule has 37 heavy (non-hydrogen) atoms. The Kier molecular flexibility index (Phi) is 8.88. The number of halogens is 1. The normalized spacial score (nSPS) is 10.6. The molecule has 0 saturated carbocycles. The number of hydrazone groups is 1. The highest BCUT2D eigenvalue weighted by molar-refractivity contribution is 6.30. The first kappa shape index (κ1) is 25.5. The summed E-state index contributed by atoms with van der Waals surface area (Å²) in [5.74, 6) is 0.693. The van der Waals surface area contributed by atoms with Gasteiger partial charge in [-0.2, -0.15) is 5.10 Å². The molecule has 7 nitrogen and oxygen atoms in total. The molecule has 4 rings (SSSR count). The summed E-state index contributed by atoms with van der Waals surface area (Å²) in [6, 6.07) is 30.1. The van der Waals surface area contributed by atoms with E-state index in [2.05, 4.69) is 10.5 Å². The molecule has 0 atom stereocenters. The summed E-state index contributed by atoms with van der Waals surface area (Å²) in [5, 5.41) is 4.38. The largest absolute Gasteiger partial charge is 0.489 e. The quantitative estimate of drug-likeness (QED) is 0.128. The summed E-state index contributed by atoms with van der Waals surface area (Å²) in [4.78, 5) is 24.2. The van der Waals surface area contributed by atoms with Gasteiger partial charge in [0.25, 0.3) is 5.91 Å². The molecule has 4 aromatic rings. The molecular weight excluding hydrogens is 492 g/mol. The Morgan fingerprint density at radius 1 is 0.784 bits per heavy atom. The van der Waals surface area contributed by atoms with Gasteiger partial charge in [0.1, 0.15) is 23.9 Å². The highest BCUT2D eigenvalue weighted by Gasteiger charge is 2.09. The molecular formula is C29H23ClN2O5. The van der Waals surface area contributed by atoms with Crippen molar-refractivity contribution in [2.75, 3.05) is 6.61 Å². The van der Waals surface area contributed by atoms with Crippen molar-refractivity contribution < 1.29 is 23.8 Å². The average Bonchev–Trinajstić information content (AvgIpc) is 2.93. The third-order valence-electron chi connectivity index (χ3n) is 5.00. The van der Waals surface area contributed by atoms with E-state index in [0.717, 1.165) is 5.56 Å². The van der Waals surface area contributed by atoms with E-state index in [9.17, 15) is 9.59 Å². The summed E-state index contributed by atoms with van der Waals surface area (Å²) in [7, 11) is 0. The standard InChI is InChI=1S/C29H23ClN2O5/c30-24-8-4-7-23(17-24)29(34)37-27-11-9-21(10-12-27)18-31-32-28(33)20-36-26-15-13-25(14-16-26)35-19-22-5-2-1-3-6-22/h1-18H,19-20H2,(H,32,33)/b31-18+. The van der Waals surface area contributed by atoms with Crippen LogP contribution >= 0.6 is 11.6 Å². The molecule has 1 N–H and O–H groups in total. The van der Waals surface area contributed by atoms with Crippen LogP contribution in [-0.4, -0.2) is 24.7 Å². The summed E-state index contributed by atoms with van der Waals surface area (Å²) >= 11 is 5.90. The summed E-state index contributed by atoms with van der Waals surface area (Å²) < 4.78 is 16.6. The fourth-order valence-corrected chi connectivity index (χ4v) is 3.33. The number of rotatable bonds is 10. The molecule has 0 spiro atoms. The number of carbonyl (C=O) groups is 2. The minimum Gasteiger partial charge on any atom is -0.489 e. The Morgan fingerprint density at radius 2 is 1.46 bits per heavy atom. The monoisotopic (exact) mass is 514 g/mol. The van der Waals surface area contributed by atoms with E-state index in [1.807, 2.05) is 30.3 Å². The number of amides is 1. The van der Waals surface area contributed by atoms with Gasteiger partial charge in [0.15, 0.2) is 6.61 Å². The zero-order valence-corrected chi connectivity index (χ0v) is 20.4. The van der Waals surface area contributed by atoms with Crippen LogP contribution in [0.1, 0.15) is 21.5 Å².